The molecule has 2 aromatic carbocycles. The lowest BCUT2D eigenvalue weighted by Gasteiger charge is -2.09. The van der Waals surface area contributed by atoms with Gasteiger partial charge in [-0.25, -0.2) is 4.79 Å². The molecule has 368 valence electrons. The Morgan fingerprint density at radius 2 is 0.750 bits per heavy atom. The number of rotatable bonds is 49. The van der Waals surface area contributed by atoms with Crippen LogP contribution in [0.1, 0.15) is 81.1 Å². The van der Waals surface area contributed by atoms with Crippen molar-refractivity contribution in [1.82, 2.24) is 0 Å². The van der Waals surface area contributed by atoms with Crippen molar-refractivity contribution in [3.05, 3.63) is 59.7 Å². The molecule has 0 saturated heterocycles. The average Bonchev–Trinajstić information content (AvgIpc) is 3.31. The number of hydrogen-bond donors (Lipinski definition) is 1. The second-order valence-electron chi connectivity index (χ2n) is 14.7. The van der Waals surface area contributed by atoms with Gasteiger partial charge in [0.05, 0.1) is 151 Å². The largest absolute Gasteiger partial charge is 0.491 e. The van der Waals surface area contributed by atoms with Crippen LogP contribution in [0.2, 0.25) is 0 Å². The Bertz CT molecular complexity index is 1270. The molecule has 0 amide bonds. The highest BCUT2D eigenvalue weighted by molar-refractivity contribution is 5.89. The molecule has 0 atom stereocenters. The Kier molecular flexibility index (Phi) is 40.4. The average molecular weight is 910 g/mol. The number of nitrogens with one attached hydrogen (secondary N) is 1. The number of carbonyl (C=O) groups excluding carboxylic acids is 1. The third kappa shape index (κ3) is 36.3. The van der Waals surface area contributed by atoms with E-state index in [9.17, 15) is 4.79 Å². The molecule has 0 radical (unpaired) electrons. The molecule has 0 unspecified atom stereocenters. The maximum atomic E-state index is 12.2. The fourth-order valence-electron chi connectivity index (χ4n) is 5.79. The fourth-order valence-corrected chi connectivity index (χ4v) is 5.79. The van der Waals surface area contributed by atoms with E-state index in [1.807, 2.05) is 24.3 Å². The normalized spacial score (nSPS) is 11.3. The molecule has 0 aliphatic rings. The van der Waals surface area contributed by atoms with Crippen molar-refractivity contribution in [1.29, 1.82) is 0 Å². The molecule has 2 rings (SSSR count). The maximum absolute atomic E-state index is 12.2. The SMILES string of the molecule is CCCCCCCCc1ccc(OCCOCCOCCOCCOCCOCCOCCOCCOCCOCCOCCOCCOC(=O)c2ccc(NCCCC)cc2)cc1. The Balaban J connectivity index is 1.17. The molecule has 0 aliphatic heterocycles. The highest BCUT2D eigenvalue weighted by atomic mass is 16.6. The van der Waals surface area contributed by atoms with Gasteiger partial charge in [0, 0.05) is 12.2 Å². The smallest absolute Gasteiger partial charge is 0.338 e. The van der Waals surface area contributed by atoms with Gasteiger partial charge in [-0.1, -0.05) is 64.5 Å². The van der Waals surface area contributed by atoms with E-state index in [0.717, 1.165) is 37.2 Å². The van der Waals surface area contributed by atoms with Crippen molar-refractivity contribution in [2.75, 3.05) is 170 Å². The van der Waals surface area contributed by atoms with Crippen molar-refractivity contribution < 1.29 is 66.4 Å². The summed E-state index contributed by atoms with van der Waals surface area (Å²) in [4.78, 5) is 12.2. The van der Waals surface area contributed by atoms with Gasteiger partial charge in [0.2, 0.25) is 0 Å². The van der Waals surface area contributed by atoms with Crippen LogP contribution in [-0.2, 0) is 63.3 Å². The molecule has 0 fully saturated rings. The van der Waals surface area contributed by atoms with Gasteiger partial charge < -0.3 is 66.9 Å². The second-order valence-corrected chi connectivity index (χ2v) is 14.7. The standard InChI is InChI=1S/C49H83NO14/c1-3-5-7-8-9-10-11-45-12-18-48(19-13-45)63-43-41-61-39-37-59-35-33-57-31-29-55-27-25-53-23-21-52-22-24-54-26-28-56-30-32-58-34-36-60-38-40-62-42-44-64-49(51)46-14-16-47(17-15-46)50-20-6-4-2/h12-19,50H,3-11,20-44H2,1-2H3. The molecular formula is C49H83NO14. The van der Waals surface area contributed by atoms with Crippen LogP contribution >= 0.6 is 0 Å². The van der Waals surface area contributed by atoms with Crippen LogP contribution in [0.3, 0.4) is 0 Å². The third-order valence-corrected chi connectivity index (χ3v) is 9.40. The monoisotopic (exact) mass is 910 g/mol. The Morgan fingerprint density at radius 1 is 0.391 bits per heavy atom. The lowest BCUT2D eigenvalue weighted by Crippen LogP contribution is -2.16. The third-order valence-electron chi connectivity index (χ3n) is 9.40. The molecule has 0 bridgehead atoms. The Labute approximate surface area is 384 Å². The summed E-state index contributed by atoms with van der Waals surface area (Å²) >= 11 is 0. The first-order valence-corrected chi connectivity index (χ1v) is 23.8. The second kappa shape index (κ2) is 45.2. The first-order chi connectivity index (χ1) is 31.7. The van der Waals surface area contributed by atoms with Gasteiger partial charge in [0.25, 0.3) is 0 Å². The van der Waals surface area contributed by atoms with Crippen molar-refractivity contribution in [3.8, 4) is 5.75 Å². The van der Waals surface area contributed by atoms with E-state index in [4.69, 9.17) is 61.6 Å². The van der Waals surface area contributed by atoms with E-state index in [-0.39, 0.29) is 12.6 Å². The zero-order chi connectivity index (χ0) is 45.5. The summed E-state index contributed by atoms with van der Waals surface area (Å²) in [5.41, 5.74) is 2.89. The van der Waals surface area contributed by atoms with Crippen LogP contribution in [0.15, 0.2) is 48.5 Å². The van der Waals surface area contributed by atoms with E-state index in [1.54, 1.807) is 12.1 Å². The van der Waals surface area contributed by atoms with Crippen LogP contribution in [-0.4, -0.2) is 171 Å². The zero-order valence-electron chi connectivity index (χ0n) is 39.4. The molecule has 64 heavy (non-hydrogen) atoms. The number of hydrogen-bond acceptors (Lipinski definition) is 15. The van der Waals surface area contributed by atoms with Gasteiger partial charge in [0.1, 0.15) is 19.0 Å². The summed E-state index contributed by atoms with van der Waals surface area (Å²) < 4.78 is 71.8. The van der Waals surface area contributed by atoms with Crippen LogP contribution < -0.4 is 10.1 Å². The van der Waals surface area contributed by atoms with Gasteiger partial charge in [-0.05, 0) is 61.2 Å². The molecule has 0 heterocycles. The minimum atomic E-state index is -0.362. The molecular weight excluding hydrogens is 827 g/mol. The fraction of sp³-hybridized carbons (Fsp3) is 0.735. The topological polar surface area (TPSA) is 149 Å². The van der Waals surface area contributed by atoms with Gasteiger partial charge in [0.15, 0.2) is 0 Å². The number of anilines is 1. The summed E-state index contributed by atoms with van der Waals surface area (Å²) in [5.74, 6) is 0.519. The van der Waals surface area contributed by atoms with Gasteiger partial charge in [-0.3, -0.25) is 0 Å². The molecule has 2 aromatic rings. The maximum Gasteiger partial charge on any atom is 0.338 e. The molecule has 0 aliphatic carbocycles. The number of benzene rings is 2. The van der Waals surface area contributed by atoms with Crippen molar-refractivity contribution in [2.24, 2.45) is 0 Å². The van der Waals surface area contributed by atoms with E-state index in [0.29, 0.717) is 158 Å². The van der Waals surface area contributed by atoms with Gasteiger partial charge in [-0.15, -0.1) is 0 Å². The highest BCUT2D eigenvalue weighted by Crippen LogP contribution is 2.15. The molecule has 15 heteroatoms. The molecule has 0 saturated carbocycles. The minimum absolute atomic E-state index is 0.187. The van der Waals surface area contributed by atoms with Crippen molar-refractivity contribution in [3.63, 3.8) is 0 Å². The van der Waals surface area contributed by atoms with E-state index < -0.39 is 0 Å². The van der Waals surface area contributed by atoms with E-state index in [1.165, 1.54) is 44.1 Å². The number of unbranched alkanes of at least 4 members (excludes halogenated alkanes) is 6. The van der Waals surface area contributed by atoms with Crippen LogP contribution in [0.5, 0.6) is 5.75 Å². The van der Waals surface area contributed by atoms with Crippen molar-refractivity contribution >= 4 is 11.7 Å². The summed E-state index contributed by atoms with van der Waals surface area (Å²) in [5, 5.41) is 3.32. The van der Waals surface area contributed by atoms with Gasteiger partial charge >= 0.3 is 5.97 Å². The molecule has 15 nitrogen and oxygen atoms in total. The predicted molar refractivity (Wildman–Crippen MR) is 248 cm³/mol. The lowest BCUT2D eigenvalue weighted by molar-refractivity contribution is -0.0282. The predicted octanol–water partition coefficient (Wildman–Crippen LogP) is 7.22. The Morgan fingerprint density at radius 3 is 1.16 bits per heavy atom. The van der Waals surface area contributed by atoms with Crippen LogP contribution in [0.25, 0.3) is 0 Å². The number of aryl methyl sites for hydroxylation is 1. The van der Waals surface area contributed by atoms with Crippen LogP contribution in [0, 0.1) is 0 Å². The molecule has 0 spiro atoms. The van der Waals surface area contributed by atoms with Gasteiger partial charge in [-0.2, -0.15) is 0 Å². The molecule has 1 N–H and O–H groups in total. The van der Waals surface area contributed by atoms with E-state index >= 15 is 0 Å². The first-order valence-electron chi connectivity index (χ1n) is 23.8. The summed E-state index contributed by atoms with van der Waals surface area (Å²) in [7, 11) is 0. The molecule has 0 aromatic heterocycles. The minimum Gasteiger partial charge on any atom is -0.491 e. The number of carbonyl (C=O) groups is 1. The quantitative estimate of drug-likeness (QED) is 0.0526. The number of esters is 1. The summed E-state index contributed by atoms with van der Waals surface area (Å²) in [6, 6.07) is 15.7. The highest BCUT2D eigenvalue weighted by Gasteiger charge is 2.07. The van der Waals surface area contributed by atoms with E-state index in [2.05, 4.69) is 31.3 Å². The Hall–Kier alpha value is -2.93. The number of ether oxygens (including phenoxy) is 13. The first kappa shape index (κ1) is 57.2. The zero-order valence-corrected chi connectivity index (χ0v) is 39.4. The lowest BCUT2D eigenvalue weighted by atomic mass is 10.0. The summed E-state index contributed by atoms with van der Waals surface area (Å²) in [6.45, 7) is 16.6. The van der Waals surface area contributed by atoms with Crippen LogP contribution in [0.4, 0.5) is 5.69 Å². The van der Waals surface area contributed by atoms with Crippen molar-refractivity contribution in [2.45, 2.75) is 71.6 Å². The summed E-state index contributed by atoms with van der Waals surface area (Å²) in [6.07, 6.45) is 11.3.